The van der Waals surface area contributed by atoms with Crippen LogP contribution in [0.2, 0.25) is 0 Å². The van der Waals surface area contributed by atoms with Crippen LogP contribution in [0.5, 0.6) is 0 Å². The van der Waals surface area contributed by atoms with E-state index in [-0.39, 0.29) is 17.7 Å². The Bertz CT molecular complexity index is 947. The Morgan fingerprint density at radius 3 is 2.63 bits per heavy atom. The molecule has 6 nitrogen and oxygen atoms in total. The number of anilines is 2. The first-order valence-corrected chi connectivity index (χ1v) is 11.7. The fourth-order valence-corrected chi connectivity index (χ4v) is 5.39. The lowest BCUT2D eigenvalue weighted by Crippen LogP contribution is -2.48. The molecule has 1 saturated heterocycles. The molecule has 1 N–H and O–H groups in total. The van der Waals surface area contributed by atoms with Gasteiger partial charge < -0.3 is 15.1 Å². The van der Waals surface area contributed by atoms with Crippen LogP contribution in [-0.2, 0) is 22.4 Å². The topological polar surface area (TPSA) is 65.5 Å². The molecule has 1 fully saturated rings. The average Bonchev–Trinajstić information content (AvgIpc) is 3.19. The van der Waals surface area contributed by atoms with Crippen molar-refractivity contribution in [3.8, 4) is 0 Å². The van der Waals surface area contributed by atoms with Crippen molar-refractivity contribution in [2.45, 2.75) is 46.5 Å². The molecule has 2 aromatic rings. The number of nitrogens with zero attached hydrogens (tertiary/aromatic N) is 3. The Kier molecular flexibility index (Phi) is 6.09. The fraction of sp³-hybridized carbons (Fsp3) is 0.522. The van der Waals surface area contributed by atoms with Crippen LogP contribution in [0.1, 0.15) is 41.5 Å². The maximum absolute atomic E-state index is 12.8. The van der Waals surface area contributed by atoms with Gasteiger partial charge in [0.1, 0.15) is 0 Å². The van der Waals surface area contributed by atoms with E-state index >= 15 is 0 Å². The summed E-state index contributed by atoms with van der Waals surface area (Å²) in [5, 5.41) is 4.14. The molecule has 1 aliphatic heterocycles. The molecule has 0 radical (unpaired) electrons. The molecule has 1 aromatic carbocycles. The zero-order chi connectivity index (χ0) is 21.3. The summed E-state index contributed by atoms with van der Waals surface area (Å²) in [4.78, 5) is 35.1. The molecule has 0 spiro atoms. The first kappa shape index (κ1) is 20.8. The Morgan fingerprint density at radius 2 is 1.93 bits per heavy atom. The van der Waals surface area contributed by atoms with Crippen molar-refractivity contribution in [2.75, 3.05) is 36.4 Å². The van der Waals surface area contributed by atoms with E-state index in [4.69, 9.17) is 4.98 Å². The monoisotopic (exact) mass is 426 g/mol. The lowest BCUT2D eigenvalue weighted by Gasteiger charge is -2.34. The Morgan fingerprint density at radius 1 is 1.17 bits per heavy atom. The van der Waals surface area contributed by atoms with E-state index in [9.17, 15) is 9.59 Å². The second kappa shape index (κ2) is 8.76. The van der Waals surface area contributed by atoms with Crippen LogP contribution in [0.3, 0.4) is 0 Å². The van der Waals surface area contributed by atoms with Gasteiger partial charge in [-0.2, -0.15) is 0 Å². The summed E-state index contributed by atoms with van der Waals surface area (Å²) in [7, 11) is 0. The molecule has 160 valence electrons. The average molecular weight is 427 g/mol. The maximum Gasteiger partial charge on any atom is 0.227 e. The van der Waals surface area contributed by atoms with Crippen LogP contribution in [0.25, 0.3) is 0 Å². The quantitative estimate of drug-likeness (QED) is 0.812. The van der Waals surface area contributed by atoms with E-state index in [0.717, 1.165) is 62.0 Å². The number of benzene rings is 1. The Hall–Kier alpha value is -2.41. The highest BCUT2D eigenvalue weighted by molar-refractivity contribution is 7.15. The number of nitrogens with one attached hydrogen (secondary N) is 1. The van der Waals surface area contributed by atoms with Gasteiger partial charge in [-0.05, 0) is 56.4 Å². The molecular weight excluding hydrogens is 396 g/mol. The standard InChI is InChI=1S/C23H30N4O2S/c1-4-21(28)26-9-11-27(12-10-26)23-25-19-8-6-17(14-20(19)30-23)22(29)24-18-7-5-15(2)16(3)13-18/h5,7,13,17H,4,6,8-12,14H2,1-3H3,(H,24,29)/t17-/m1/s1. The molecule has 0 bridgehead atoms. The second-order valence-corrected chi connectivity index (χ2v) is 9.38. The Labute approximate surface area is 182 Å². The molecule has 1 aliphatic carbocycles. The summed E-state index contributed by atoms with van der Waals surface area (Å²) in [6.07, 6.45) is 3.02. The van der Waals surface area contributed by atoms with Crippen LogP contribution in [0, 0.1) is 19.8 Å². The van der Waals surface area contributed by atoms with Crippen LogP contribution in [0.4, 0.5) is 10.8 Å². The second-order valence-electron chi connectivity index (χ2n) is 8.32. The fourth-order valence-electron chi connectivity index (χ4n) is 4.15. The molecule has 2 heterocycles. The number of aryl methyl sites for hydroxylation is 3. The third kappa shape index (κ3) is 4.36. The highest BCUT2D eigenvalue weighted by Gasteiger charge is 2.29. The number of carbonyl (C=O) groups excluding carboxylic acids is 2. The van der Waals surface area contributed by atoms with Crippen LogP contribution in [0.15, 0.2) is 18.2 Å². The van der Waals surface area contributed by atoms with Gasteiger partial charge in [0.05, 0.1) is 5.69 Å². The van der Waals surface area contributed by atoms with Gasteiger partial charge in [0, 0.05) is 49.1 Å². The summed E-state index contributed by atoms with van der Waals surface area (Å²) >= 11 is 1.72. The van der Waals surface area contributed by atoms with Gasteiger partial charge in [0.15, 0.2) is 5.13 Å². The number of carbonyl (C=O) groups is 2. The molecule has 0 unspecified atom stereocenters. The third-order valence-electron chi connectivity index (χ3n) is 6.28. The zero-order valence-corrected chi connectivity index (χ0v) is 18.8. The van der Waals surface area contributed by atoms with E-state index in [1.807, 2.05) is 30.0 Å². The lowest BCUT2D eigenvalue weighted by atomic mass is 9.90. The van der Waals surface area contributed by atoms with Gasteiger partial charge in [0.2, 0.25) is 11.8 Å². The minimum atomic E-state index is -0.00793. The molecule has 2 amide bonds. The third-order valence-corrected chi connectivity index (χ3v) is 7.46. The normalized spacial score (nSPS) is 18.8. The van der Waals surface area contributed by atoms with Crippen LogP contribution >= 0.6 is 11.3 Å². The lowest BCUT2D eigenvalue weighted by molar-refractivity contribution is -0.131. The summed E-state index contributed by atoms with van der Waals surface area (Å²) < 4.78 is 0. The van der Waals surface area contributed by atoms with Crippen molar-refractivity contribution in [3.05, 3.63) is 39.9 Å². The largest absolute Gasteiger partial charge is 0.345 e. The molecule has 30 heavy (non-hydrogen) atoms. The number of amides is 2. The van der Waals surface area contributed by atoms with Crippen LogP contribution < -0.4 is 10.2 Å². The molecule has 1 atom stereocenters. The van der Waals surface area contributed by atoms with Crippen molar-refractivity contribution in [3.63, 3.8) is 0 Å². The summed E-state index contributed by atoms with van der Waals surface area (Å²) in [5.41, 5.74) is 4.44. The maximum atomic E-state index is 12.8. The number of rotatable bonds is 4. The molecule has 7 heteroatoms. The van der Waals surface area contributed by atoms with Gasteiger partial charge >= 0.3 is 0 Å². The van der Waals surface area contributed by atoms with Crippen molar-refractivity contribution < 1.29 is 9.59 Å². The van der Waals surface area contributed by atoms with Gasteiger partial charge in [0.25, 0.3) is 0 Å². The first-order chi connectivity index (χ1) is 14.4. The van der Waals surface area contributed by atoms with Gasteiger partial charge in [-0.3, -0.25) is 9.59 Å². The summed E-state index contributed by atoms with van der Waals surface area (Å²) in [6.45, 7) is 9.23. The van der Waals surface area contributed by atoms with E-state index in [1.54, 1.807) is 11.3 Å². The number of piperazine rings is 1. The van der Waals surface area contributed by atoms with Gasteiger partial charge in [-0.25, -0.2) is 4.98 Å². The zero-order valence-electron chi connectivity index (χ0n) is 18.0. The van der Waals surface area contributed by atoms with E-state index in [2.05, 4.69) is 24.1 Å². The minimum absolute atomic E-state index is 0.00793. The molecular formula is C23H30N4O2S. The molecule has 0 saturated carbocycles. The minimum Gasteiger partial charge on any atom is -0.345 e. The van der Waals surface area contributed by atoms with Crippen molar-refractivity contribution in [1.82, 2.24) is 9.88 Å². The summed E-state index contributed by atoms with van der Waals surface area (Å²) in [6, 6.07) is 6.06. The van der Waals surface area contributed by atoms with E-state index in [1.165, 1.54) is 16.0 Å². The molecule has 1 aromatic heterocycles. The summed E-state index contributed by atoms with van der Waals surface area (Å²) in [5.74, 6) is 0.322. The number of hydrogen-bond acceptors (Lipinski definition) is 5. The van der Waals surface area contributed by atoms with E-state index < -0.39 is 0 Å². The number of hydrogen-bond donors (Lipinski definition) is 1. The molecule has 4 rings (SSSR count). The highest BCUT2D eigenvalue weighted by Crippen LogP contribution is 2.35. The van der Waals surface area contributed by atoms with Crippen LogP contribution in [-0.4, -0.2) is 47.9 Å². The Balaban J connectivity index is 1.37. The van der Waals surface area contributed by atoms with Crippen molar-refractivity contribution in [2.24, 2.45) is 5.92 Å². The van der Waals surface area contributed by atoms with Gasteiger partial charge in [-0.15, -0.1) is 11.3 Å². The molecule has 2 aliphatic rings. The van der Waals surface area contributed by atoms with Crippen molar-refractivity contribution in [1.29, 1.82) is 0 Å². The highest BCUT2D eigenvalue weighted by atomic mass is 32.1. The predicted molar refractivity (Wildman–Crippen MR) is 121 cm³/mol. The number of thiazole rings is 1. The first-order valence-electron chi connectivity index (χ1n) is 10.8. The number of fused-ring (bicyclic) bond motifs is 1. The van der Waals surface area contributed by atoms with Crippen molar-refractivity contribution >= 4 is 34.0 Å². The number of aromatic nitrogens is 1. The predicted octanol–water partition coefficient (Wildman–Crippen LogP) is 3.56. The van der Waals surface area contributed by atoms with E-state index in [0.29, 0.717) is 6.42 Å². The smallest absolute Gasteiger partial charge is 0.227 e. The van der Waals surface area contributed by atoms with Gasteiger partial charge in [-0.1, -0.05) is 13.0 Å². The SMILES string of the molecule is CCC(=O)N1CCN(c2nc3c(s2)C[C@H](C(=O)Nc2ccc(C)c(C)c2)CC3)CC1.